The molecule has 0 unspecified atom stereocenters. The zero-order chi connectivity index (χ0) is 16.9. The molecule has 7 heteroatoms. The van der Waals surface area contributed by atoms with Gasteiger partial charge in [-0.25, -0.2) is 4.98 Å². The van der Waals surface area contributed by atoms with Gasteiger partial charge in [-0.1, -0.05) is 0 Å². The van der Waals surface area contributed by atoms with E-state index in [-0.39, 0.29) is 11.8 Å². The summed E-state index contributed by atoms with van der Waals surface area (Å²) in [5.41, 5.74) is 2.00. The largest absolute Gasteiger partial charge is 0.339 e. The first kappa shape index (κ1) is 16.6. The van der Waals surface area contributed by atoms with E-state index in [1.54, 1.807) is 35.6 Å². The van der Waals surface area contributed by atoms with Crippen molar-refractivity contribution in [2.45, 2.75) is 19.8 Å². The summed E-state index contributed by atoms with van der Waals surface area (Å²) < 4.78 is 0. The molecule has 0 radical (unpaired) electrons. The molecule has 3 rings (SSSR count). The first-order chi connectivity index (χ1) is 11.6. The van der Waals surface area contributed by atoms with Crippen LogP contribution in [0.2, 0.25) is 0 Å². The van der Waals surface area contributed by atoms with Crippen molar-refractivity contribution in [1.29, 1.82) is 0 Å². The molecule has 126 valence electrons. The molecule has 0 aromatic carbocycles. The van der Waals surface area contributed by atoms with Gasteiger partial charge in [0.1, 0.15) is 5.01 Å². The number of hydrogen-bond donors (Lipinski definition) is 0. The van der Waals surface area contributed by atoms with Crippen LogP contribution < -0.4 is 0 Å². The third-order valence-corrected chi connectivity index (χ3v) is 5.09. The summed E-state index contributed by atoms with van der Waals surface area (Å²) in [6.45, 7) is 4.07. The molecule has 0 spiro atoms. The number of rotatable bonds is 4. The van der Waals surface area contributed by atoms with Crippen LogP contribution in [0.3, 0.4) is 0 Å². The fourth-order valence-electron chi connectivity index (χ4n) is 2.71. The summed E-state index contributed by atoms with van der Waals surface area (Å²) in [5.74, 6) is 0.213. The van der Waals surface area contributed by atoms with Crippen molar-refractivity contribution in [2.75, 3.05) is 26.2 Å². The molecular formula is C17H20N4O2S. The number of thiazole rings is 1. The summed E-state index contributed by atoms with van der Waals surface area (Å²) in [6.07, 6.45) is 4.61. The highest BCUT2D eigenvalue weighted by Crippen LogP contribution is 2.23. The maximum atomic E-state index is 12.3. The maximum Gasteiger partial charge on any atom is 0.223 e. The van der Waals surface area contributed by atoms with Gasteiger partial charge < -0.3 is 9.80 Å². The number of hydrogen-bond acceptors (Lipinski definition) is 5. The van der Waals surface area contributed by atoms with E-state index >= 15 is 0 Å². The molecule has 0 N–H and O–H groups in total. The molecule has 0 atom stereocenters. The molecule has 0 saturated carbocycles. The van der Waals surface area contributed by atoms with Crippen molar-refractivity contribution in [3.63, 3.8) is 0 Å². The van der Waals surface area contributed by atoms with Gasteiger partial charge in [-0.2, -0.15) is 0 Å². The van der Waals surface area contributed by atoms with Crippen LogP contribution in [0.15, 0.2) is 29.9 Å². The van der Waals surface area contributed by atoms with Gasteiger partial charge in [-0.3, -0.25) is 14.6 Å². The van der Waals surface area contributed by atoms with E-state index in [9.17, 15) is 9.59 Å². The smallest absolute Gasteiger partial charge is 0.223 e. The summed E-state index contributed by atoms with van der Waals surface area (Å²) in [4.78, 5) is 35.9. The highest BCUT2D eigenvalue weighted by molar-refractivity contribution is 7.13. The lowest BCUT2D eigenvalue weighted by atomic mass is 10.2. The minimum atomic E-state index is 0.0770. The summed E-state index contributed by atoms with van der Waals surface area (Å²) >= 11 is 1.59. The number of aryl methyl sites for hydroxylation is 1. The number of aromatic nitrogens is 2. The lowest BCUT2D eigenvalue weighted by molar-refractivity contribution is -0.138. The standard InChI is InChI=1S/C17H20N4O2S/c1-13(22)20-8-10-21(11-9-20)16(23)3-2-15-12-24-17(19-15)14-4-6-18-7-5-14/h4-7,12H,2-3,8-11H2,1H3. The molecule has 1 aliphatic rings. The topological polar surface area (TPSA) is 66.4 Å². The van der Waals surface area contributed by atoms with Gasteiger partial charge in [-0.15, -0.1) is 11.3 Å². The predicted molar refractivity (Wildman–Crippen MR) is 92.5 cm³/mol. The molecule has 2 aromatic heterocycles. The van der Waals surface area contributed by atoms with E-state index in [2.05, 4.69) is 9.97 Å². The second kappa shape index (κ2) is 7.53. The Kier molecular flexibility index (Phi) is 5.20. The van der Waals surface area contributed by atoms with Crippen molar-refractivity contribution < 1.29 is 9.59 Å². The van der Waals surface area contributed by atoms with Crippen molar-refractivity contribution in [3.8, 4) is 10.6 Å². The van der Waals surface area contributed by atoms with Gasteiger partial charge in [0, 0.05) is 62.9 Å². The van der Waals surface area contributed by atoms with E-state index in [4.69, 9.17) is 0 Å². The Bertz CT molecular complexity index is 708. The first-order valence-corrected chi connectivity index (χ1v) is 8.89. The van der Waals surface area contributed by atoms with E-state index in [0.717, 1.165) is 16.3 Å². The average molecular weight is 344 g/mol. The Morgan fingerprint density at radius 3 is 2.46 bits per heavy atom. The monoisotopic (exact) mass is 344 g/mol. The van der Waals surface area contributed by atoms with Crippen molar-refractivity contribution in [3.05, 3.63) is 35.6 Å². The lowest BCUT2D eigenvalue weighted by Gasteiger charge is -2.34. The van der Waals surface area contributed by atoms with Crippen LogP contribution in [-0.2, 0) is 16.0 Å². The second-order valence-corrected chi connectivity index (χ2v) is 6.62. The van der Waals surface area contributed by atoms with E-state index in [0.29, 0.717) is 39.0 Å². The molecule has 1 fully saturated rings. The van der Waals surface area contributed by atoms with E-state index < -0.39 is 0 Å². The highest BCUT2D eigenvalue weighted by Gasteiger charge is 2.22. The van der Waals surface area contributed by atoms with Crippen LogP contribution in [0.25, 0.3) is 10.6 Å². The fraction of sp³-hybridized carbons (Fsp3) is 0.412. The summed E-state index contributed by atoms with van der Waals surface area (Å²) in [7, 11) is 0. The SMILES string of the molecule is CC(=O)N1CCN(C(=O)CCc2csc(-c3ccncc3)n2)CC1. The number of nitrogens with zero attached hydrogens (tertiary/aromatic N) is 4. The van der Waals surface area contributed by atoms with Gasteiger partial charge >= 0.3 is 0 Å². The molecule has 6 nitrogen and oxygen atoms in total. The predicted octanol–water partition coefficient (Wildman–Crippen LogP) is 1.83. The molecule has 2 aromatic rings. The van der Waals surface area contributed by atoms with Crippen LogP contribution in [0, 0.1) is 0 Å². The van der Waals surface area contributed by atoms with Gasteiger partial charge in [0.25, 0.3) is 0 Å². The van der Waals surface area contributed by atoms with Crippen LogP contribution in [0.5, 0.6) is 0 Å². The minimum absolute atomic E-state index is 0.0770. The van der Waals surface area contributed by atoms with Crippen LogP contribution >= 0.6 is 11.3 Å². The van der Waals surface area contributed by atoms with Crippen molar-refractivity contribution >= 4 is 23.2 Å². The number of carbonyl (C=O) groups excluding carboxylic acids is 2. The third kappa shape index (κ3) is 3.97. The van der Waals surface area contributed by atoms with Crippen LogP contribution in [0.1, 0.15) is 19.0 Å². The lowest BCUT2D eigenvalue weighted by Crippen LogP contribution is -2.50. The van der Waals surface area contributed by atoms with Crippen molar-refractivity contribution in [1.82, 2.24) is 19.8 Å². The fourth-order valence-corrected chi connectivity index (χ4v) is 3.57. The molecule has 0 aliphatic carbocycles. The highest BCUT2D eigenvalue weighted by atomic mass is 32.1. The third-order valence-electron chi connectivity index (χ3n) is 4.15. The first-order valence-electron chi connectivity index (χ1n) is 8.01. The summed E-state index contributed by atoms with van der Waals surface area (Å²) in [5, 5.41) is 2.96. The normalized spacial score (nSPS) is 14.7. The zero-order valence-corrected chi connectivity index (χ0v) is 14.5. The minimum Gasteiger partial charge on any atom is -0.339 e. The van der Waals surface area contributed by atoms with Crippen LogP contribution in [-0.4, -0.2) is 57.8 Å². The van der Waals surface area contributed by atoms with Gasteiger partial charge in [-0.05, 0) is 18.6 Å². The quantitative estimate of drug-likeness (QED) is 0.849. The molecule has 24 heavy (non-hydrogen) atoms. The molecule has 3 heterocycles. The van der Waals surface area contributed by atoms with E-state index in [1.165, 1.54) is 0 Å². The molecule has 1 aliphatic heterocycles. The average Bonchev–Trinajstić information content (AvgIpc) is 3.09. The van der Waals surface area contributed by atoms with E-state index in [1.807, 2.05) is 22.4 Å². The molecule has 1 saturated heterocycles. The Morgan fingerprint density at radius 2 is 1.79 bits per heavy atom. The van der Waals surface area contributed by atoms with Gasteiger partial charge in [0.15, 0.2) is 0 Å². The Hall–Kier alpha value is -2.28. The number of piperazine rings is 1. The Morgan fingerprint density at radius 1 is 1.12 bits per heavy atom. The van der Waals surface area contributed by atoms with Gasteiger partial charge in [0.05, 0.1) is 5.69 Å². The van der Waals surface area contributed by atoms with Crippen molar-refractivity contribution in [2.24, 2.45) is 0 Å². The molecule has 2 amide bonds. The zero-order valence-electron chi connectivity index (χ0n) is 13.6. The van der Waals surface area contributed by atoms with Crippen LogP contribution in [0.4, 0.5) is 0 Å². The Labute approximate surface area is 145 Å². The number of pyridine rings is 1. The van der Waals surface area contributed by atoms with Gasteiger partial charge in [0.2, 0.25) is 11.8 Å². The number of carbonyl (C=O) groups is 2. The molecule has 0 bridgehead atoms. The maximum absolute atomic E-state index is 12.3. The Balaban J connectivity index is 1.50. The summed E-state index contributed by atoms with van der Waals surface area (Å²) in [6, 6.07) is 3.87. The molecular weight excluding hydrogens is 324 g/mol. The second-order valence-electron chi connectivity index (χ2n) is 5.77. The number of amides is 2.